The zero-order valence-corrected chi connectivity index (χ0v) is 16.8. The first kappa shape index (κ1) is 19.7. The number of hydrogen-bond donors (Lipinski definition) is 0. The molecule has 0 aromatic heterocycles. The molecule has 0 spiro atoms. The fourth-order valence-corrected chi connectivity index (χ4v) is 4.97. The quantitative estimate of drug-likeness (QED) is 0.425. The van der Waals surface area contributed by atoms with Gasteiger partial charge in [-0.2, -0.15) is 0 Å². The number of fused-ring (bicyclic) bond motifs is 1. The van der Waals surface area contributed by atoms with Crippen LogP contribution >= 0.6 is 0 Å². The molecule has 0 radical (unpaired) electrons. The van der Waals surface area contributed by atoms with E-state index in [-0.39, 0.29) is 18.0 Å². The molecule has 5 rings (SSSR count). The molecule has 2 saturated heterocycles. The Labute approximate surface area is 170 Å². The number of hydrogen-bond acceptors (Lipinski definition) is 6. The predicted molar refractivity (Wildman–Crippen MR) is 104 cm³/mol. The molecular weight excluding hydrogens is 372 g/mol. The lowest BCUT2D eigenvalue weighted by Gasteiger charge is -2.45. The Morgan fingerprint density at radius 1 is 1.17 bits per heavy atom. The van der Waals surface area contributed by atoms with Crippen molar-refractivity contribution in [3.63, 3.8) is 0 Å². The van der Waals surface area contributed by atoms with Crippen molar-refractivity contribution >= 4 is 17.9 Å². The van der Waals surface area contributed by atoms with E-state index in [0.29, 0.717) is 29.9 Å². The van der Waals surface area contributed by atoms with Crippen molar-refractivity contribution in [1.82, 2.24) is 0 Å². The van der Waals surface area contributed by atoms with E-state index in [4.69, 9.17) is 14.2 Å². The Morgan fingerprint density at radius 2 is 1.90 bits per heavy atom. The minimum atomic E-state index is -0.608. The van der Waals surface area contributed by atoms with Gasteiger partial charge in [-0.1, -0.05) is 18.7 Å². The number of carbonyl (C=O) groups is 3. The average Bonchev–Trinajstić information content (AvgIpc) is 2.82. The topological polar surface area (TPSA) is 78.9 Å². The maximum Gasteiger partial charge on any atom is 0.338 e. The molecule has 2 heterocycles. The SMILES string of the molecule is C=C(C)C(=O)OC(C)c1ccc(C(=O)OC23CC4C[C@@H](CC(C2)C(=O)O4)C3)cc1. The van der Waals surface area contributed by atoms with E-state index in [1.807, 2.05) is 0 Å². The lowest BCUT2D eigenvalue weighted by Crippen LogP contribution is -2.48. The van der Waals surface area contributed by atoms with Gasteiger partial charge in [0.15, 0.2) is 0 Å². The first-order valence-corrected chi connectivity index (χ1v) is 10.1. The molecule has 0 N–H and O–H groups in total. The van der Waals surface area contributed by atoms with Crippen LogP contribution in [0.25, 0.3) is 0 Å². The second-order valence-electron chi connectivity index (χ2n) is 8.73. The summed E-state index contributed by atoms with van der Waals surface area (Å²) in [5, 5.41) is 0. The fraction of sp³-hybridized carbons (Fsp3) is 0.522. The van der Waals surface area contributed by atoms with Gasteiger partial charge in [0.25, 0.3) is 0 Å². The molecule has 2 saturated carbocycles. The summed E-state index contributed by atoms with van der Waals surface area (Å²) < 4.78 is 16.9. The third-order valence-electron chi connectivity index (χ3n) is 6.27. The first-order valence-electron chi connectivity index (χ1n) is 10.1. The van der Waals surface area contributed by atoms with E-state index in [1.54, 1.807) is 38.1 Å². The minimum absolute atomic E-state index is 0.141. The van der Waals surface area contributed by atoms with Crippen LogP contribution in [0.2, 0.25) is 0 Å². The second-order valence-corrected chi connectivity index (χ2v) is 8.73. The monoisotopic (exact) mass is 398 g/mol. The third-order valence-corrected chi connectivity index (χ3v) is 6.27. The fourth-order valence-electron chi connectivity index (χ4n) is 4.97. The molecule has 154 valence electrons. The summed E-state index contributed by atoms with van der Waals surface area (Å²) in [7, 11) is 0. The van der Waals surface area contributed by atoms with Crippen molar-refractivity contribution < 1.29 is 28.6 Å². The Kier molecular flexibility index (Phi) is 4.97. The number of esters is 3. The standard InChI is InChI=1S/C23H26O6/c1-13(2)20(24)27-14(3)16-4-6-17(7-5-16)22(26)29-23-10-15-8-18(11-23)21(25)28-19(9-15)12-23/h4-7,14-15,18-19H,1,8-12H2,2-3H3/t14?,15-,18?,19?,23?/m1/s1. The highest BCUT2D eigenvalue weighted by Crippen LogP contribution is 2.51. The number of carbonyl (C=O) groups excluding carboxylic acids is 3. The zero-order valence-electron chi connectivity index (χ0n) is 16.8. The van der Waals surface area contributed by atoms with Crippen LogP contribution in [-0.4, -0.2) is 29.6 Å². The lowest BCUT2D eigenvalue weighted by molar-refractivity contribution is -0.151. The number of benzene rings is 1. The summed E-state index contributed by atoms with van der Waals surface area (Å²) in [6, 6.07) is 6.87. The van der Waals surface area contributed by atoms with Crippen molar-refractivity contribution in [1.29, 1.82) is 0 Å². The molecule has 1 aromatic carbocycles. The van der Waals surface area contributed by atoms with Gasteiger partial charge in [-0.15, -0.1) is 0 Å². The smallest absolute Gasteiger partial charge is 0.338 e. The van der Waals surface area contributed by atoms with E-state index in [0.717, 1.165) is 24.8 Å². The van der Waals surface area contributed by atoms with Gasteiger partial charge >= 0.3 is 17.9 Å². The van der Waals surface area contributed by atoms with Crippen LogP contribution in [0.5, 0.6) is 0 Å². The highest BCUT2D eigenvalue weighted by Gasteiger charge is 2.54. The van der Waals surface area contributed by atoms with E-state index in [1.165, 1.54) is 0 Å². The van der Waals surface area contributed by atoms with Gasteiger partial charge in [-0.25, -0.2) is 9.59 Å². The summed E-state index contributed by atoms with van der Waals surface area (Å²) in [4.78, 5) is 36.7. The molecule has 2 aliphatic carbocycles. The van der Waals surface area contributed by atoms with Gasteiger partial charge in [0.2, 0.25) is 0 Å². The molecule has 6 heteroatoms. The number of rotatable bonds is 5. The molecule has 2 aliphatic heterocycles. The minimum Gasteiger partial charge on any atom is -0.462 e. The van der Waals surface area contributed by atoms with Crippen molar-refractivity contribution in [2.75, 3.05) is 0 Å². The van der Waals surface area contributed by atoms with E-state index in [2.05, 4.69) is 6.58 Å². The lowest BCUT2D eigenvalue weighted by atomic mass is 9.65. The van der Waals surface area contributed by atoms with Crippen molar-refractivity contribution in [3.05, 3.63) is 47.5 Å². The third kappa shape index (κ3) is 3.93. The largest absolute Gasteiger partial charge is 0.462 e. The van der Waals surface area contributed by atoms with Gasteiger partial charge < -0.3 is 14.2 Å². The van der Waals surface area contributed by atoms with Crippen molar-refractivity contribution in [2.24, 2.45) is 11.8 Å². The highest BCUT2D eigenvalue weighted by atomic mass is 16.6. The Hall–Kier alpha value is -2.63. The highest BCUT2D eigenvalue weighted by molar-refractivity contribution is 5.90. The maximum absolute atomic E-state index is 12.8. The average molecular weight is 398 g/mol. The molecule has 4 aliphatic rings. The molecule has 5 atom stereocenters. The van der Waals surface area contributed by atoms with Gasteiger partial charge in [0.1, 0.15) is 17.8 Å². The van der Waals surface area contributed by atoms with Crippen LogP contribution in [0.15, 0.2) is 36.4 Å². The molecule has 1 aromatic rings. The molecule has 0 amide bonds. The van der Waals surface area contributed by atoms with E-state index >= 15 is 0 Å². The summed E-state index contributed by atoms with van der Waals surface area (Å²) >= 11 is 0. The zero-order chi connectivity index (χ0) is 20.8. The molecule has 4 unspecified atom stereocenters. The molecule has 4 bridgehead atoms. The Morgan fingerprint density at radius 3 is 2.59 bits per heavy atom. The van der Waals surface area contributed by atoms with Crippen LogP contribution in [-0.2, 0) is 23.8 Å². The summed E-state index contributed by atoms with van der Waals surface area (Å²) in [6.45, 7) is 6.94. The molecule has 4 fully saturated rings. The van der Waals surface area contributed by atoms with Crippen LogP contribution in [0.4, 0.5) is 0 Å². The summed E-state index contributed by atoms with van der Waals surface area (Å²) in [5.74, 6) is -0.774. The van der Waals surface area contributed by atoms with E-state index in [9.17, 15) is 14.4 Å². The van der Waals surface area contributed by atoms with Gasteiger partial charge in [-0.3, -0.25) is 4.79 Å². The Bertz CT molecular complexity index is 857. The van der Waals surface area contributed by atoms with Crippen molar-refractivity contribution in [3.8, 4) is 0 Å². The maximum atomic E-state index is 12.8. The van der Waals surface area contributed by atoms with Crippen LogP contribution < -0.4 is 0 Å². The molecule has 29 heavy (non-hydrogen) atoms. The normalized spacial score (nSPS) is 30.8. The molecular formula is C23H26O6. The second kappa shape index (κ2) is 7.32. The van der Waals surface area contributed by atoms with Gasteiger partial charge in [0, 0.05) is 18.4 Å². The summed E-state index contributed by atoms with van der Waals surface area (Å²) in [5.41, 5.74) is 0.949. The summed E-state index contributed by atoms with van der Waals surface area (Å²) in [6.07, 6.45) is 3.06. The molecule has 6 nitrogen and oxygen atoms in total. The van der Waals surface area contributed by atoms with Crippen LogP contribution in [0.3, 0.4) is 0 Å². The number of ether oxygens (including phenoxy) is 3. The van der Waals surface area contributed by atoms with Crippen LogP contribution in [0, 0.1) is 11.8 Å². The first-order chi connectivity index (χ1) is 13.7. The van der Waals surface area contributed by atoms with Gasteiger partial charge in [0.05, 0.1) is 11.5 Å². The Balaban J connectivity index is 1.44. The van der Waals surface area contributed by atoms with Crippen LogP contribution in [0.1, 0.15) is 68.0 Å². The van der Waals surface area contributed by atoms with Crippen molar-refractivity contribution in [2.45, 2.75) is 63.8 Å². The predicted octanol–water partition coefficient (Wildman–Crippen LogP) is 3.90. The van der Waals surface area contributed by atoms with E-state index < -0.39 is 23.6 Å². The van der Waals surface area contributed by atoms with Gasteiger partial charge in [-0.05, 0) is 56.7 Å².